The number of aromatic nitrogens is 2. The van der Waals surface area contributed by atoms with Gasteiger partial charge in [0.2, 0.25) is 5.91 Å². The number of amides is 1. The molecule has 0 bridgehead atoms. The van der Waals surface area contributed by atoms with Gasteiger partial charge in [-0.15, -0.1) is 0 Å². The summed E-state index contributed by atoms with van der Waals surface area (Å²) in [5.41, 5.74) is 0.649. The van der Waals surface area contributed by atoms with Crippen LogP contribution < -0.4 is 5.56 Å². The molecule has 1 amide bonds. The molecule has 6 heteroatoms. The lowest BCUT2D eigenvalue weighted by atomic mass is 9.92. The van der Waals surface area contributed by atoms with Crippen LogP contribution in [0.2, 0.25) is 0 Å². The van der Waals surface area contributed by atoms with Crippen molar-refractivity contribution in [3.8, 4) is 0 Å². The third-order valence-corrected chi connectivity index (χ3v) is 5.65. The molecule has 2 atom stereocenters. The van der Waals surface area contributed by atoms with Crippen LogP contribution in [0.1, 0.15) is 27.2 Å². The predicted octanol–water partition coefficient (Wildman–Crippen LogP) is 3.01. The highest BCUT2D eigenvalue weighted by Gasteiger charge is 2.25. The van der Waals surface area contributed by atoms with Crippen molar-refractivity contribution in [1.29, 1.82) is 0 Å². The Balaban J connectivity index is 1.79. The van der Waals surface area contributed by atoms with Gasteiger partial charge in [-0.05, 0) is 37.3 Å². The summed E-state index contributed by atoms with van der Waals surface area (Å²) in [6, 6.07) is 7.37. The van der Waals surface area contributed by atoms with E-state index < -0.39 is 0 Å². The third kappa shape index (κ3) is 3.89. The number of piperidine rings is 1. The van der Waals surface area contributed by atoms with Gasteiger partial charge in [0, 0.05) is 19.6 Å². The number of benzene rings is 1. The zero-order valence-electron chi connectivity index (χ0n) is 15.1. The van der Waals surface area contributed by atoms with Crippen LogP contribution in [0.25, 0.3) is 10.9 Å². The second-order valence-corrected chi connectivity index (χ2v) is 7.94. The van der Waals surface area contributed by atoms with Crippen LogP contribution >= 0.6 is 11.8 Å². The van der Waals surface area contributed by atoms with E-state index in [1.54, 1.807) is 10.6 Å². The van der Waals surface area contributed by atoms with Crippen LogP contribution in [0.3, 0.4) is 0 Å². The quantitative estimate of drug-likeness (QED) is 0.622. The van der Waals surface area contributed by atoms with Gasteiger partial charge in [0.1, 0.15) is 0 Å². The summed E-state index contributed by atoms with van der Waals surface area (Å²) in [5.74, 6) is 1.55. The number of thioether (sulfide) groups is 1. The van der Waals surface area contributed by atoms with E-state index in [1.165, 1.54) is 18.2 Å². The largest absolute Gasteiger partial charge is 0.341 e. The third-order valence-electron chi connectivity index (χ3n) is 4.69. The fourth-order valence-corrected chi connectivity index (χ4v) is 4.59. The summed E-state index contributed by atoms with van der Waals surface area (Å²) in [7, 11) is 0. The minimum Gasteiger partial charge on any atom is -0.341 e. The topological polar surface area (TPSA) is 55.2 Å². The Morgan fingerprint density at radius 1 is 1.24 bits per heavy atom. The standard InChI is InChI=1S/C19H25N3O2S/c1-4-22-18(24)15-7-5-6-8-16(15)20-19(22)25-12-17(23)21-10-13(2)9-14(3)11-21/h5-8,13-14H,4,9-12H2,1-3H3/t13-,14-/m0/s1. The number of carbonyl (C=O) groups is 1. The first kappa shape index (κ1) is 18.0. The molecule has 1 aliphatic heterocycles. The molecule has 1 saturated heterocycles. The first-order valence-corrected chi connectivity index (χ1v) is 9.88. The molecule has 5 nitrogen and oxygen atoms in total. The van der Waals surface area contributed by atoms with Gasteiger partial charge in [-0.1, -0.05) is 37.7 Å². The molecule has 1 aliphatic rings. The van der Waals surface area contributed by atoms with Crippen LogP contribution in [0, 0.1) is 11.8 Å². The number of para-hydroxylation sites is 1. The van der Waals surface area contributed by atoms with Gasteiger partial charge in [0.15, 0.2) is 5.16 Å². The first-order chi connectivity index (χ1) is 12.0. The highest BCUT2D eigenvalue weighted by molar-refractivity contribution is 7.99. The summed E-state index contributed by atoms with van der Waals surface area (Å²) in [5, 5.41) is 1.25. The van der Waals surface area contributed by atoms with Crippen molar-refractivity contribution in [2.45, 2.75) is 38.9 Å². The summed E-state index contributed by atoms with van der Waals surface area (Å²) in [4.78, 5) is 31.8. The molecule has 1 aromatic heterocycles. The van der Waals surface area contributed by atoms with Crippen molar-refractivity contribution in [3.05, 3.63) is 34.6 Å². The first-order valence-electron chi connectivity index (χ1n) is 8.89. The SMILES string of the molecule is CCn1c(SCC(=O)N2C[C@@H](C)C[C@H](C)C2)nc2ccccc2c1=O. The molecular weight excluding hydrogens is 334 g/mol. The molecule has 1 aromatic carbocycles. The second kappa shape index (κ2) is 7.60. The Morgan fingerprint density at radius 3 is 2.60 bits per heavy atom. The molecule has 25 heavy (non-hydrogen) atoms. The van der Waals surface area contributed by atoms with Gasteiger partial charge >= 0.3 is 0 Å². The maximum atomic E-state index is 12.6. The van der Waals surface area contributed by atoms with Crippen molar-refractivity contribution >= 4 is 28.6 Å². The molecule has 2 heterocycles. The fourth-order valence-electron chi connectivity index (χ4n) is 3.62. The summed E-state index contributed by atoms with van der Waals surface area (Å²) < 4.78 is 1.65. The lowest BCUT2D eigenvalue weighted by Gasteiger charge is -2.35. The van der Waals surface area contributed by atoms with E-state index in [2.05, 4.69) is 18.8 Å². The number of hydrogen-bond acceptors (Lipinski definition) is 4. The number of hydrogen-bond donors (Lipinski definition) is 0. The van der Waals surface area contributed by atoms with E-state index in [1.807, 2.05) is 30.0 Å². The Kier molecular flexibility index (Phi) is 5.47. The second-order valence-electron chi connectivity index (χ2n) is 6.99. The molecule has 3 rings (SSSR count). The molecule has 0 N–H and O–H groups in total. The Morgan fingerprint density at radius 2 is 1.92 bits per heavy atom. The van der Waals surface area contributed by atoms with E-state index in [9.17, 15) is 9.59 Å². The minimum absolute atomic E-state index is 0.0386. The number of carbonyl (C=O) groups excluding carboxylic acids is 1. The summed E-state index contributed by atoms with van der Waals surface area (Å²) in [6.07, 6.45) is 1.18. The lowest BCUT2D eigenvalue weighted by Crippen LogP contribution is -2.43. The van der Waals surface area contributed by atoms with E-state index in [4.69, 9.17) is 0 Å². The number of fused-ring (bicyclic) bond motifs is 1. The molecule has 0 spiro atoms. The minimum atomic E-state index is -0.0386. The molecule has 1 fully saturated rings. The molecular formula is C19H25N3O2S. The number of likely N-dealkylation sites (tertiary alicyclic amines) is 1. The molecule has 134 valence electrons. The van der Waals surface area contributed by atoms with E-state index in [0.717, 1.165) is 13.1 Å². The van der Waals surface area contributed by atoms with Gasteiger partial charge in [-0.2, -0.15) is 0 Å². The lowest BCUT2D eigenvalue weighted by molar-refractivity contribution is -0.130. The Labute approximate surface area is 152 Å². The summed E-state index contributed by atoms with van der Waals surface area (Å²) in [6.45, 7) is 8.53. The smallest absolute Gasteiger partial charge is 0.262 e. The van der Waals surface area contributed by atoms with Gasteiger partial charge in [0.05, 0.1) is 16.7 Å². The maximum Gasteiger partial charge on any atom is 0.262 e. The molecule has 0 saturated carbocycles. The normalized spacial score (nSPS) is 20.8. The zero-order valence-corrected chi connectivity index (χ0v) is 15.9. The molecule has 0 radical (unpaired) electrons. The van der Waals surface area contributed by atoms with E-state index in [-0.39, 0.29) is 11.5 Å². The Bertz CT molecular complexity index is 823. The van der Waals surface area contributed by atoms with E-state index in [0.29, 0.717) is 40.2 Å². The van der Waals surface area contributed by atoms with Crippen molar-refractivity contribution in [3.63, 3.8) is 0 Å². The molecule has 2 aromatic rings. The van der Waals surface area contributed by atoms with Crippen LogP contribution in [-0.2, 0) is 11.3 Å². The monoisotopic (exact) mass is 359 g/mol. The van der Waals surface area contributed by atoms with Crippen molar-refractivity contribution < 1.29 is 4.79 Å². The highest BCUT2D eigenvalue weighted by atomic mass is 32.2. The summed E-state index contributed by atoms with van der Waals surface area (Å²) >= 11 is 1.37. The maximum absolute atomic E-state index is 12.6. The number of rotatable bonds is 4. The van der Waals surface area contributed by atoms with Gasteiger partial charge in [-0.25, -0.2) is 4.98 Å². The van der Waals surface area contributed by atoms with Crippen molar-refractivity contribution in [2.75, 3.05) is 18.8 Å². The van der Waals surface area contributed by atoms with Gasteiger partial charge < -0.3 is 4.90 Å². The predicted molar refractivity (Wildman–Crippen MR) is 102 cm³/mol. The highest BCUT2D eigenvalue weighted by Crippen LogP contribution is 2.23. The zero-order chi connectivity index (χ0) is 18.0. The van der Waals surface area contributed by atoms with Crippen LogP contribution in [0.15, 0.2) is 34.2 Å². The fraction of sp³-hybridized carbons (Fsp3) is 0.526. The van der Waals surface area contributed by atoms with Crippen molar-refractivity contribution in [2.24, 2.45) is 11.8 Å². The van der Waals surface area contributed by atoms with Crippen LogP contribution in [0.4, 0.5) is 0 Å². The van der Waals surface area contributed by atoms with Gasteiger partial charge in [0.25, 0.3) is 5.56 Å². The molecule has 0 unspecified atom stereocenters. The average molecular weight is 359 g/mol. The Hall–Kier alpha value is -1.82. The van der Waals surface area contributed by atoms with Crippen molar-refractivity contribution in [1.82, 2.24) is 14.5 Å². The van der Waals surface area contributed by atoms with Crippen LogP contribution in [0.5, 0.6) is 0 Å². The molecule has 0 aliphatic carbocycles. The number of nitrogens with zero attached hydrogens (tertiary/aromatic N) is 3. The van der Waals surface area contributed by atoms with Gasteiger partial charge in [-0.3, -0.25) is 14.2 Å². The average Bonchev–Trinajstić information content (AvgIpc) is 2.59. The van der Waals surface area contributed by atoms with E-state index >= 15 is 0 Å². The van der Waals surface area contributed by atoms with Crippen LogP contribution in [-0.4, -0.2) is 39.2 Å².